The quantitative estimate of drug-likeness (QED) is 0.272. The third-order valence-electron chi connectivity index (χ3n) is 6.87. The SMILES string of the molecule is N#Cc1cccc(-c2ccccc2C2OC2COCC2OC2c2ccccc2-c2cccc(C#N)c2)c1. The van der Waals surface area contributed by atoms with Crippen LogP contribution in [0.4, 0.5) is 0 Å². The van der Waals surface area contributed by atoms with Crippen LogP contribution in [-0.4, -0.2) is 25.4 Å². The summed E-state index contributed by atoms with van der Waals surface area (Å²) in [6.07, 6.45) is -0.0472. The van der Waals surface area contributed by atoms with Gasteiger partial charge in [-0.1, -0.05) is 72.8 Å². The Morgan fingerprint density at radius 1 is 0.595 bits per heavy atom. The standard InChI is InChI=1S/C32H24N2O3/c33-17-21-7-5-9-23(15-21)25-11-1-3-13-27(25)31-29(36-31)19-35-20-30-32(37-30)28-14-4-2-12-26(28)24-10-6-8-22(16-24)18-34/h1-16,29-32H,19-20H2. The van der Waals surface area contributed by atoms with E-state index in [0.29, 0.717) is 24.3 Å². The molecule has 5 nitrogen and oxygen atoms in total. The molecular formula is C32H24N2O3. The van der Waals surface area contributed by atoms with Crippen LogP contribution in [0.25, 0.3) is 22.3 Å². The summed E-state index contributed by atoms with van der Waals surface area (Å²) >= 11 is 0. The maximum atomic E-state index is 9.26. The van der Waals surface area contributed by atoms with E-state index in [9.17, 15) is 10.5 Å². The maximum absolute atomic E-state index is 9.26. The van der Waals surface area contributed by atoms with E-state index in [1.165, 1.54) is 0 Å². The van der Waals surface area contributed by atoms with Crippen LogP contribution in [0.2, 0.25) is 0 Å². The van der Waals surface area contributed by atoms with Crippen molar-refractivity contribution < 1.29 is 14.2 Å². The number of epoxide rings is 2. The van der Waals surface area contributed by atoms with Crippen molar-refractivity contribution >= 4 is 0 Å². The topological polar surface area (TPSA) is 81.9 Å². The minimum Gasteiger partial charge on any atom is -0.376 e. The summed E-state index contributed by atoms with van der Waals surface area (Å²) in [6.45, 7) is 0.991. The van der Waals surface area contributed by atoms with Crippen molar-refractivity contribution in [3.05, 3.63) is 119 Å². The van der Waals surface area contributed by atoms with Gasteiger partial charge in [-0.3, -0.25) is 0 Å². The van der Waals surface area contributed by atoms with Crippen molar-refractivity contribution in [1.29, 1.82) is 10.5 Å². The highest BCUT2D eigenvalue weighted by Crippen LogP contribution is 2.45. The summed E-state index contributed by atoms with van der Waals surface area (Å²) < 4.78 is 18.0. The van der Waals surface area contributed by atoms with E-state index in [4.69, 9.17) is 14.2 Å². The molecular weight excluding hydrogens is 460 g/mol. The molecule has 0 amide bonds. The minimum absolute atomic E-state index is 0.00138. The highest BCUT2D eigenvalue weighted by Gasteiger charge is 2.44. The van der Waals surface area contributed by atoms with E-state index < -0.39 is 0 Å². The molecule has 4 aromatic rings. The average Bonchev–Trinajstić information content (AvgIpc) is 3.90. The molecule has 0 radical (unpaired) electrons. The van der Waals surface area contributed by atoms with Crippen molar-refractivity contribution in [2.75, 3.05) is 13.2 Å². The van der Waals surface area contributed by atoms with E-state index in [0.717, 1.165) is 33.4 Å². The first kappa shape index (κ1) is 23.2. The minimum atomic E-state index is -0.0222. The van der Waals surface area contributed by atoms with Gasteiger partial charge in [0.15, 0.2) is 0 Å². The second kappa shape index (κ2) is 10.0. The monoisotopic (exact) mass is 484 g/mol. The zero-order valence-electron chi connectivity index (χ0n) is 20.1. The molecule has 180 valence electrons. The van der Waals surface area contributed by atoms with Gasteiger partial charge in [-0.25, -0.2) is 0 Å². The Morgan fingerprint density at radius 2 is 1.05 bits per heavy atom. The van der Waals surface area contributed by atoms with Crippen LogP contribution in [0.1, 0.15) is 34.5 Å². The molecule has 0 spiro atoms. The van der Waals surface area contributed by atoms with Crippen LogP contribution >= 0.6 is 0 Å². The first-order chi connectivity index (χ1) is 18.2. The second-order valence-electron chi connectivity index (χ2n) is 9.29. The van der Waals surface area contributed by atoms with Crippen molar-refractivity contribution in [2.45, 2.75) is 24.4 Å². The smallest absolute Gasteiger partial charge is 0.112 e. The van der Waals surface area contributed by atoms with Gasteiger partial charge >= 0.3 is 0 Å². The summed E-state index contributed by atoms with van der Waals surface area (Å²) in [5.41, 5.74) is 7.69. The van der Waals surface area contributed by atoms with Crippen molar-refractivity contribution in [3.8, 4) is 34.4 Å². The molecule has 5 heteroatoms. The van der Waals surface area contributed by atoms with E-state index in [1.54, 1.807) is 0 Å². The Labute approximate surface area is 216 Å². The molecule has 2 fully saturated rings. The van der Waals surface area contributed by atoms with E-state index in [2.05, 4.69) is 36.4 Å². The molecule has 0 N–H and O–H groups in total. The highest BCUT2D eigenvalue weighted by atomic mass is 16.6. The van der Waals surface area contributed by atoms with Crippen molar-refractivity contribution in [3.63, 3.8) is 0 Å². The Kier molecular flexibility index (Phi) is 6.26. The predicted octanol–water partition coefficient (Wildman–Crippen LogP) is 6.36. The van der Waals surface area contributed by atoms with E-state index in [-0.39, 0.29) is 24.4 Å². The molecule has 6 rings (SSSR count). The zero-order valence-corrected chi connectivity index (χ0v) is 20.1. The summed E-state index contributed by atoms with van der Waals surface area (Å²) in [7, 11) is 0. The van der Waals surface area contributed by atoms with Crippen LogP contribution in [0.3, 0.4) is 0 Å². The lowest BCUT2D eigenvalue weighted by atomic mass is 9.95. The van der Waals surface area contributed by atoms with Gasteiger partial charge in [-0.15, -0.1) is 0 Å². The van der Waals surface area contributed by atoms with Crippen LogP contribution < -0.4 is 0 Å². The molecule has 4 aromatic carbocycles. The van der Waals surface area contributed by atoms with Gasteiger partial charge in [0.1, 0.15) is 24.4 Å². The molecule has 4 unspecified atom stereocenters. The first-order valence-corrected chi connectivity index (χ1v) is 12.3. The predicted molar refractivity (Wildman–Crippen MR) is 139 cm³/mol. The number of nitriles is 2. The van der Waals surface area contributed by atoms with Gasteiger partial charge in [-0.2, -0.15) is 10.5 Å². The van der Waals surface area contributed by atoms with Crippen LogP contribution in [0.5, 0.6) is 0 Å². The van der Waals surface area contributed by atoms with Crippen LogP contribution in [0, 0.1) is 22.7 Å². The van der Waals surface area contributed by atoms with E-state index >= 15 is 0 Å². The molecule has 2 aliphatic heterocycles. The Hall–Kier alpha value is -4.26. The molecule has 0 bridgehead atoms. The number of hydrogen-bond donors (Lipinski definition) is 0. The lowest BCUT2D eigenvalue weighted by molar-refractivity contribution is 0.102. The molecule has 0 saturated carbocycles. The fourth-order valence-corrected chi connectivity index (χ4v) is 4.92. The average molecular weight is 485 g/mol. The number of ether oxygens (including phenoxy) is 3. The lowest BCUT2D eigenvalue weighted by Gasteiger charge is -2.09. The molecule has 2 heterocycles. The van der Waals surface area contributed by atoms with Gasteiger partial charge < -0.3 is 14.2 Å². The Bertz CT molecular complexity index is 1420. The molecule has 2 aliphatic rings. The van der Waals surface area contributed by atoms with Crippen molar-refractivity contribution in [2.24, 2.45) is 0 Å². The molecule has 4 atom stereocenters. The van der Waals surface area contributed by atoms with Gasteiger partial charge in [0, 0.05) is 0 Å². The molecule has 2 saturated heterocycles. The third kappa shape index (κ3) is 4.89. The first-order valence-electron chi connectivity index (χ1n) is 12.3. The largest absolute Gasteiger partial charge is 0.376 e. The van der Waals surface area contributed by atoms with Gasteiger partial charge in [0.25, 0.3) is 0 Å². The Morgan fingerprint density at radius 3 is 1.51 bits per heavy atom. The fraction of sp³-hybridized carbons (Fsp3) is 0.188. The van der Waals surface area contributed by atoms with E-state index in [1.807, 2.05) is 72.8 Å². The lowest BCUT2D eigenvalue weighted by Crippen LogP contribution is -2.08. The number of nitrogens with zero attached hydrogens (tertiary/aromatic N) is 2. The zero-order chi connectivity index (χ0) is 25.2. The third-order valence-corrected chi connectivity index (χ3v) is 6.87. The number of hydrogen-bond acceptors (Lipinski definition) is 5. The number of rotatable bonds is 8. The second-order valence-corrected chi connectivity index (χ2v) is 9.29. The van der Waals surface area contributed by atoms with Crippen LogP contribution in [-0.2, 0) is 14.2 Å². The van der Waals surface area contributed by atoms with Crippen LogP contribution in [0.15, 0.2) is 97.1 Å². The van der Waals surface area contributed by atoms with Gasteiger partial charge in [-0.05, 0) is 57.6 Å². The number of benzene rings is 4. The molecule has 0 aromatic heterocycles. The summed E-state index contributed by atoms with van der Waals surface area (Å²) in [5.74, 6) is 0. The summed E-state index contributed by atoms with van der Waals surface area (Å²) in [6, 6.07) is 36.0. The van der Waals surface area contributed by atoms with Gasteiger partial charge in [0.2, 0.25) is 0 Å². The highest BCUT2D eigenvalue weighted by molar-refractivity contribution is 5.70. The normalized spacial score (nSPS) is 21.6. The van der Waals surface area contributed by atoms with Gasteiger partial charge in [0.05, 0.1) is 36.5 Å². The molecule has 0 aliphatic carbocycles. The fourth-order valence-electron chi connectivity index (χ4n) is 4.92. The van der Waals surface area contributed by atoms with Crippen molar-refractivity contribution in [1.82, 2.24) is 0 Å². The molecule has 37 heavy (non-hydrogen) atoms. The maximum Gasteiger partial charge on any atom is 0.112 e. The summed E-state index contributed by atoms with van der Waals surface area (Å²) in [4.78, 5) is 0. The Balaban J connectivity index is 1.07. The summed E-state index contributed by atoms with van der Waals surface area (Å²) in [5, 5.41) is 18.5.